The molecule has 1 aromatic rings. The van der Waals surface area contributed by atoms with Crippen molar-refractivity contribution in [1.29, 1.82) is 0 Å². The zero-order valence-electron chi connectivity index (χ0n) is 13.1. The van der Waals surface area contributed by atoms with Gasteiger partial charge in [0, 0.05) is 26.2 Å². The fraction of sp³-hybridized carbons (Fsp3) is 0.647. The molecule has 1 aliphatic rings. The van der Waals surface area contributed by atoms with Crippen LogP contribution in [0.15, 0.2) is 18.2 Å². The highest BCUT2D eigenvalue weighted by atomic mass is 35.5. The standard InChI is InChI=1S/C17H27ClN2O/c1-3-15(19)10-14-7-4-8-16(18)17(14)20(2)11-13-6-5-9-21-12-13/h4,7-8,13,15H,3,5-6,9-12,19H2,1-2H3. The zero-order chi connectivity index (χ0) is 15.2. The van der Waals surface area contributed by atoms with Crippen molar-refractivity contribution in [2.24, 2.45) is 11.7 Å². The fourth-order valence-electron chi connectivity index (χ4n) is 3.01. The van der Waals surface area contributed by atoms with Crippen LogP contribution in [0.1, 0.15) is 31.7 Å². The summed E-state index contributed by atoms with van der Waals surface area (Å²) in [6, 6.07) is 6.31. The number of anilines is 1. The van der Waals surface area contributed by atoms with Crippen LogP contribution in [0, 0.1) is 5.92 Å². The Labute approximate surface area is 133 Å². The van der Waals surface area contributed by atoms with Crippen molar-refractivity contribution < 1.29 is 4.74 Å². The number of hydrogen-bond donors (Lipinski definition) is 1. The van der Waals surface area contributed by atoms with Crippen molar-refractivity contribution in [3.05, 3.63) is 28.8 Å². The summed E-state index contributed by atoms with van der Waals surface area (Å²) in [5.74, 6) is 0.590. The van der Waals surface area contributed by atoms with Crippen LogP contribution in [0.2, 0.25) is 5.02 Å². The number of ether oxygens (including phenoxy) is 1. The lowest BCUT2D eigenvalue weighted by Crippen LogP contribution is -2.32. The second-order valence-corrected chi connectivity index (χ2v) is 6.49. The highest BCUT2D eigenvalue weighted by molar-refractivity contribution is 6.33. The van der Waals surface area contributed by atoms with Gasteiger partial charge in [-0.15, -0.1) is 0 Å². The van der Waals surface area contributed by atoms with E-state index < -0.39 is 0 Å². The van der Waals surface area contributed by atoms with Gasteiger partial charge >= 0.3 is 0 Å². The van der Waals surface area contributed by atoms with Crippen LogP contribution in [0.3, 0.4) is 0 Å². The Kier molecular flexibility index (Phi) is 6.34. The van der Waals surface area contributed by atoms with Crippen LogP contribution in [-0.2, 0) is 11.2 Å². The van der Waals surface area contributed by atoms with Crippen LogP contribution in [0.4, 0.5) is 5.69 Å². The predicted octanol–water partition coefficient (Wildman–Crippen LogP) is 3.48. The molecule has 1 saturated heterocycles. The molecule has 3 nitrogen and oxygen atoms in total. The molecule has 0 bridgehead atoms. The second kappa shape index (κ2) is 8.02. The molecule has 118 valence electrons. The van der Waals surface area contributed by atoms with Crippen molar-refractivity contribution in [2.75, 3.05) is 31.7 Å². The molecular weight excluding hydrogens is 284 g/mol. The molecule has 1 aromatic carbocycles. The SMILES string of the molecule is CCC(N)Cc1cccc(Cl)c1N(C)CC1CCCOC1. The van der Waals surface area contributed by atoms with E-state index in [9.17, 15) is 0 Å². The minimum Gasteiger partial charge on any atom is -0.381 e. The Hall–Kier alpha value is -0.770. The monoisotopic (exact) mass is 310 g/mol. The third kappa shape index (κ3) is 4.60. The molecule has 1 heterocycles. The molecule has 0 amide bonds. The van der Waals surface area contributed by atoms with Gasteiger partial charge in [0.25, 0.3) is 0 Å². The van der Waals surface area contributed by atoms with Gasteiger partial charge in [0.2, 0.25) is 0 Å². The molecule has 0 spiro atoms. The number of halogens is 1. The first kappa shape index (κ1) is 16.6. The highest BCUT2D eigenvalue weighted by Gasteiger charge is 2.19. The average Bonchev–Trinajstić information content (AvgIpc) is 2.48. The number of benzene rings is 1. The lowest BCUT2D eigenvalue weighted by molar-refractivity contribution is 0.0576. The van der Waals surface area contributed by atoms with E-state index >= 15 is 0 Å². The summed E-state index contributed by atoms with van der Waals surface area (Å²) in [5, 5.41) is 0.815. The van der Waals surface area contributed by atoms with Crippen molar-refractivity contribution >= 4 is 17.3 Å². The number of para-hydroxylation sites is 1. The third-order valence-electron chi connectivity index (χ3n) is 4.25. The molecule has 21 heavy (non-hydrogen) atoms. The molecule has 0 aliphatic carbocycles. The normalized spacial score (nSPS) is 20.3. The summed E-state index contributed by atoms with van der Waals surface area (Å²) in [5.41, 5.74) is 8.51. The number of hydrogen-bond acceptors (Lipinski definition) is 3. The van der Waals surface area contributed by atoms with E-state index in [-0.39, 0.29) is 6.04 Å². The van der Waals surface area contributed by atoms with Crippen molar-refractivity contribution in [2.45, 2.75) is 38.6 Å². The molecule has 1 fully saturated rings. The molecular formula is C17H27ClN2O. The van der Waals surface area contributed by atoms with Crippen LogP contribution < -0.4 is 10.6 Å². The van der Waals surface area contributed by atoms with Gasteiger partial charge in [-0.2, -0.15) is 0 Å². The Balaban J connectivity index is 2.12. The minimum atomic E-state index is 0.189. The summed E-state index contributed by atoms with van der Waals surface area (Å²) in [6.45, 7) is 4.87. The maximum atomic E-state index is 6.45. The minimum absolute atomic E-state index is 0.189. The Morgan fingerprint density at radius 3 is 2.95 bits per heavy atom. The highest BCUT2D eigenvalue weighted by Crippen LogP contribution is 2.31. The second-order valence-electron chi connectivity index (χ2n) is 6.08. The molecule has 0 radical (unpaired) electrons. The molecule has 0 saturated carbocycles. The molecule has 2 unspecified atom stereocenters. The first-order valence-electron chi connectivity index (χ1n) is 7.93. The first-order chi connectivity index (χ1) is 10.1. The van der Waals surface area contributed by atoms with Gasteiger partial charge in [0.05, 0.1) is 17.3 Å². The van der Waals surface area contributed by atoms with Gasteiger partial charge < -0.3 is 15.4 Å². The maximum Gasteiger partial charge on any atom is 0.0642 e. The molecule has 0 aromatic heterocycles. The van der Waals surface area contributed by atoms with Crippen LogP contribution in [0.25, 0.3) is 0 Å². The van der Waals surface area contributed by atoms with E-state index in [1.54, 1.807) is 0 Å². The predicted molar refractivity (Wildman–Crippen MR) is 90.2 cm³/mol. The quantitative estimate of drug-likeness (QED) is 0.874. The maximum absolute atomic E-state index is 6.45. The number of nitrogens with zero attached hydrogens (tertiary/aromatic N) is 1. The summed E-state index contributed by atoms with van der Waals surface area (Å²) in [7, 11) is 2.12. The lowest BCUT2D eigenvalue weighted by Gasteiger charge is -2.30. The van der Waals surface area contributed by atoms with Gasteiger partial charge in [0.1, 0.15) is 0 Å². The van der Waals surface area contributed by atoms with Crippen LogP contribution in [-0.4, -0.2) is 32.8 Å². The largest absolute Gasteiger partial charge is 0.381 e. The average molecular weight is 311 g/mol. The zero-order valence-corrected chi connectivity index (χ0v) is 13.9. The van der Waals surface area contributed by atoms with Crippen molar-refractivity contribution in [3.63, 3.8) is 0 Å². The fourth-order valence-corrected chi connectivity index (χ4v) is 3.35. The number of rotatable bonds is 6. The van der Waals surface area contributed by atoms with Crippen molar-refractivity contribution in [1.82, 2.24) is 0 Å². The van der Waals surface area contributed by atoms with E-state index in [4.69, 9.17) is 22.1 Å². The third-order valence-corrected chi connectivity index (χ3v) is 4.55. The Bertz CT molecular complexity index is 446. The van der Waals surface area contributed by atoms with Gasteiger partial charge in [-0.25, -0.2) is 0 Å². The summed E-state index contributed by atoms with van der Waals surface area (Å²) >= 11 is 6.45. The molecule has 1 aliphatic heterocycles. The van der Waals surface area contributed by atoms with E-state index in [2.05, 4.69) is 24.9 Å². The smallest absolute Gasteiger partial charge is 0.0642 e. The topological polar surface area (TPSA) is 38.5 Å². The van der Waals surface area contributed by atoms with Gasteiger partial charge in [-0.1, -0.05) is 30.7 Å². The van der Waals surface area contributed by atoms with Gasteiger partial charge in [-0.3, -0.25) is 0 Å². The summed E-state index contributed by atoms with van der Waals surface area (Å²) in [4.78, 5) is 2.28. The van der Waals surface area contributed by atoms with Crippen molar-refractivity contribution in [3.8, 4) is 0 Å². The number of nitrogens with two attached hydrogens (primary N) is 1. The van der Waals surface area contributed by atoms with E-state index in [1.807, 2.05) is 12.1 Å². The van der Waals surface area contributed by atoms with Gasteiger partial charge in [0.15, 0.2) is 0 Å². The lowest BCUT2D eigenvalue weighted by atomic mass is 9.99. The van der Waals surface area contributed by atoms with E-state index in [0.717, 1.165) is 49.7 Å². The summed E-state index contributed by atoms with van der Waals surface area (Å²) in [6.07, 6.45) is 4.25. The van der Waals surface area contributed by atoms with Crippen LogP contribution >= 0.6 is 11.6 Å². The van der Waals surface area contributed by atoms with E-state index in [0.29, 0.717) is 5.92 Å². The van der Waals surface area contributed by atoms with Gasteiger partial charge in [-0.05, 0) is 43.2 Å². The molecule has 2 N–H and O–H groups in total. The summed E-state index contributed by atoms with van der Waals surface area (Å²) < 4.78 is 5.58. The Morgan fingerprint density at radius 1 is 1.48 bits per heavy atom. The van der Waals surface area contributed by atoms with Crippen LogP contribution in [0.5, 0.6) is 0 Å². The van der Waals surface area contributed by atoms with E-state index in [1.165, 1.54) is 12.0 Å². The Morgan fingerprint density at radius 2 is 2.29 bits per heavy atom. The molecule has 2 rings (SSSR count). The molecule has 4 heteroatoms. The molecule has 2 atom stereocenters. The first-order valence-corrected chi connectivity index (χ1v) is 8.31.